The van der Waals surface area contributed by atoms with Gasteiger partial charge in [-0.15, -0.1) is 0 Å². The van der Waals surface area contributed by atoms with E-state index < -0.39 is 11.6 Å². The highest BCUT2D eigenvalue weighted by molar-refractivity contribution is 7.22. The molecular formula is C16H18F2N4OS. The van der Waals surface area contributed by atoms with Gasteiger partial charge in [-0.25, -0.2) is 13.8 Å². The summed E-state index contributed by atoms with van der Waals surface area (Å²) in [6, 6.07) is 2.57. The van der Waals surface area contributed by atoms with Crippen LogP contribution in [-0.4, -0.2) is 48.0 Å². The summed E-state index contributed by atoms with van der Waals surface area (Å²) in [5.41, 5.74) is 0.0995. The molecule has 8 heteroatoms. The van der Waals surface area contributed by atoms with Crippen molar-refractivity contribution in [3.05, 3.63) is 23.8 Å². The second-order valence-corrected chi connectivity index (χ2v) is 7.42. The van der Waals surface area contributed by atoms with Gasteiger partial charge in [0.2, 0.25) is 5.91 Å². The Morgan fingerprint density at radius 1 is 1.38 bits per heavy atom. The van der Waals surface area contributed by atoms with Gasteiger partial charge in [-0.2, -0.15) is 0 Å². The zero-order valence-electron chi connectivity index (χ0n) is 13.0. The third-order valence-electron chi connectivity index (χ3n) is 4.74. The van der Waals surface area contributed by atoms with Gasteiger partial charge in [0.05, 0.1) is 10.6 Å². The second kappa shape index (κ2) is 6.34. The number of hydrogen-bond acceptors (Lipinski definition) is 5. The van der Waals surface area contributed by atoms with Crippen molar-refractivity contribution in [1.82, 2.24) is 15.2 Å². The molecule has 0 saturated carbocycles. The molecule has 24 heavy (non-hydrogen) atoms. The van der Waals surface area contributed by atoms with Crippen LogP contribution in [-0.2, 0) is 4.79 Å². The molecule has 3 heterocycles. The third kappa shape index (κ3) is 3.01. The lowest BCUT2D eigenvalue weighted by molar-refractivity contribution is -0.122. The van der Waals surface area contributed by atoms with Gasteiger partial charge in [0, 0.05) is 31.7 Å². The minimum atomic E-state index is -0.705. The maximum absolute atomic E-state index is 13.7. The number of nitrogens with zero attached hydrogens (tertiary/aromatic N) is 2. The number of carbonyl (C=O) groups excluding carboxylic acids is 1. The molecule has 128 valence electrons. The number of rotatable bonds is 3. The van der Waals surface area contributed by atoms with E-state index in [2.05, 4.69) is 20.5 Å². The molecule has 2 fully saturated rings. The molecular weight excluding hydrogens is 334 g/mol. The Kier molecular flexibility index (Phi) is 4.19. The predicted molar refractivity (Wildman–Crippen MR) is 89.1 cm³/mol. The van der Waals surface area contributed by atoms with Crippen molar-refractivity contribution in [2.24, 2.45) is 5.92 Å². The fraction of sp³-hybridized carbons (Fsp3) is 0.500. The van der Waals surface area contributed by atoms with Crippen molar-refractivity contribution >= 4 is 32.6 Å². The molecule has 2 aromatic rings. The van der Waals surface area contributed by atoms with Gasteiger partial charge in [0.25, 0.3) is 0 Å². The van der Waals surface area contributed by atoms with Crippen LogP contribution in [0.3, 0.4) is 0 Å². The number of aromatic nitrogens is 1. The van der Waals surface area contributed by atoms with E-state index in [4.69, 9.17) is 0 Å². The molecule has 1 aromatic heterocycles. The standard InChI is InChI=1S/C16H18F2N4OS/c17-10-4-12(18)14-13(5-10)24-16(20-14)21-15(23)9-2-1-3-22(8-9)11-6-19-7-11/h4-5,9,11,19H,1-3,6-8H2,(H,20,21,23). The SMILES string of the molecule is O=C(Nc1nc2c(F)cc(F)cc2s1)C1CCCN(C2CNC2)C1. The predicted octanol–water partition coefficient (Wildman–Crippen LogP) is 2.20. The summed E-state index contributed by atoms with van der Waals surface area (Å²) < 4.78 is 27.4. The van der Waals surface area contributed by atoms with Gasteiger partial charge >= 0.3 is 0 Å². The minimum Gasteiger partial charge on any atom is -0.314 e. The number of thiazole rings is 1. The quantitative estimate of drug-likeness (QED) is 0.889. The number of hydrogen-bond donors (Lipinski definition) is 2. The summed E-state index contributed by atoms with van der Waals surface area (Å²) in [7, 11) is 0. The van der Waals surface area contributed by atoms with Crippen molar-refractivity contribution < 1.29 is 13.6 Å². The lowest BCUT2D eigenvalue weighted by atomic mass is 9.95. The van der Waals surface area contributed by atoms with E-state index in [9.17, 15) is 13.6 Å². The van der Waals surface area contributed by atoms with Gasteiger partial charge in [-0.1, -0.05) is 11.3 Å². The number of halogens is 2. The first kappa shape index (κ1) is 15.9. The molecule has 1 aromatic carbocycles. The Bertz CT molecular complexity index is 777. The molecule has 0 radical (unpaired) electrons. The number of anilines is 1. The smallest absolute Gasteiger partial charge is 0.230 e. The number of likely N-dealkylation sites (tertiary alicyclic amines) is 1. The summed E-state index contributed by atoms with van der Waals surface area (Å²) in [4.78, 5) is 19.0. The largest absolute Gasteiger partial charge is 0.314 e. The molecule has 5 nitrogen and oxygen atoms in total. The molecule has 0 bridgehead atoms. The Morgan fingerprint density at radius 3 is 2.96 bits per heavy atom. The first-order valence-corrected chi connectivity index (χ1v) is 8.93. The molecule has 1 atom stereocenters. The van der Waals surface area contributed by atoms with Crippen LogP contribution in [0.25, 0.3) is 10.2 Å². The Hall–Kier alpha value is -1.64. The van der Waals surface area contributed by atoms with Crippen LogP contribution in [0, 0.1) is 17.6 Å². The van der Waals surface area contributed by atoms with E-state index in [0.29, 0.717) is 15.9 Å². The highest BCUT2D eigenvalue weighted by Gasteiger charge is 2.32. The summed E-state index contributed by atoms with van der Waals surface area (Å²) in [6.45, 7) is 3.74. The molecule has 2 aliphatic rings. The summed E-state index contributed by atoms with van der Waals surface area (Å²) in [5, 5.41) is 6.35. The number of amides is 1. The van der Waals surface area contributed by atoms with Crippen LogP contribution >= 0.6 is 11.3 Å². The average Bonchev–Trinajstić information content (AvgIpc) is 2.88. The molecule has 2 aliphatic heterocycles. The van der Waals surface area contributed by atoms with Gasteiger partial charge in [0.15, 0.2) is 10.9 Å². The van der Waals surface area contributed by atoms with Crippen molar-refractivity contribution in [1.29, 1.82) is 0 Å². The third-order valence-corrected chi connectivity index (χ3v) is 5.66. The second-order valence-electron chi connectivity index (χ2n) is 6.39. The van der Waals surface area contributed by atoms with E-state index in [1.54, 1.807) is 0 Å². The van der Waals surface area contributed by atoms with Crippen LogP contribution in [0.2, 0.25) is 0 Å². The highest BCUT2D eigenvalue weighted by atomic mass is 32.1. The molecule has 2 saturated heterocycles. The highest BCUT2D eigenvalue weighted by Crippen LogP contribution is 2.29. The van der Waals surface area contributed by atoms with Crippen LogP contribution in [0.5, 0.6) is 0 Å². The molecule has 0 spiro atoms. The monoisotopic (exact) mass is 352 g/mol. The van der Waals surface area contributed by atoms with Gasteiger partial charge in [-0.05, 0) is 25.5 Å². The zero-order valence-corrected chi connectivity index (χ0v) is 13.8. The van der Waals surface area contributed by atoms with E-state index in [-0.39, 0.29) is 17.3 Å². The maximum Gasteiger partial charge on any atom is 0.230 e. The fourth-order valence-corrected chi connectivity index (χ4v) is 4.21. The van der Waals surface area contributed by atoms with E-state index in [1.165, 1.54) is 6.07 Å². The summed E-state index contributed by atoms with van der Waals surface area (Å²) >= 11 is 1.09. The van der Waals surface area contributed by atoms with Gasteiger partial charge < -0.3 is 10.6 Å². The van der Waals surface area contributed by atoms with E-state index >= 15 is 0 Å². The zero-order chi connectivity index (χ0) is 16.7. The Balaban J connectivity index is 1.46. The number of benzene rings is 1. The lowest BCUT2D eigenvalue weighted by Gasteiger charge is -2.42. The average molecular weight is 352 g/mol. The number of carbonyl (C=O) groups is 1. The normalized spacial score (nSPS) is 22.5. The van der Waals surface area contributed by atoms with Crippen LogP contribution in [0.1, 0.15) is 12.8 Å². The topological polar surface area (TPSA) is 57.3 Å². The lowest BCUT2D eigenvalue weighted by Crippen LogP contribution is -2.59. The number of fused-ring (bicyclic) bond motifs is 1. The molecule has 0 aliphatic carbocycles. The van der Waals surface area contributed by atoms with Crippen LogP contribution in [0.15, 0.2) is 12.1 Å². The molecule has 4 rings (SSSR count). The summed E-state index contributed by atoms with van der Waals surface area (Å²) in [6.07, 6.45) is 1.84. The summed E-state index contributed by atoms with van der Waals surface area (Å²) in [5.74, 6) is -1.53. The Labute approximate surface area is 142 Å². The van der Waals surface area contributed by atoms with E-state index in [1.807, 2.05) is 0 Å². The van der Waals surface area contributed by atoms with Crippen LogP contribution < -0.4 is 10.6 Å². The fourth-order valence-electron chi connectivity index (χ4n) is 3.30. The van der Waals surface area contributed by atoms with Gasteiger partial charge in [-0.3, -0.25) is 9.69 Å². The maximum atomic E-state index is 13.7. The first-order chi connectivity index (χ1) is 11.6. The van der Waals surface area contributed by atoms with Crippen LogP contribution in [0.4, 0.5) is 13.9 Å². The number of nitrogens with one attached hydrogen (secondary N) is 2. The minimum absolute atomic E-state index is 0.0899. The number of piperidine rings is 1. The molecule has 2 N–H and O–H groups in total. The molecule has 1 amide bonds. The van der Waals surface area contributed by atoms with Crippen molar-refractivity contribution in [3.8, 4) is 0 Å². The van der Waals surface area contributed by atoms with Crippen molar-refractivity contribution in [3.63, 3.8) is 0 Å². The van der Waals surface area contributed by atoms with Crippen molar-refractivity contribution in [2.75, 3.05) is 31.5 Å². The van der Waals surface area contributed by atoms with E-state index in [0.717, 1.165) is 56.4 Å². The van der Waals surface area contributed by atoms with Gasteiger partial charge in [0.1, 0.15) is 11.3 Å². The molecule has 1 unspecified atom stereocenters. The van der Waals surface area contributed by atoms with Crippen molar-refractivity contribution in [2.45, 2.75) is 18.9 Å². The first-order valence-electron chi connectivity index (χ1n) is 8.11. The Morgan fingerprint density at radius 2 is 2.21 bits per heavy atom.